The number of carboxylic acids is 1. The molecule has 0 aliphatic carbocycles. The van der Waals surface area contributed by atoms with Gasteiger partial charge >= 0.3 is 5.97 Å². The average molecular weight is 237 g/mol. The van der Waals surface area contributed by atoms with Gasteiger partial charge in [0.25, 0.3) is 0 Å². The van der Waals surface area contributed by atoms with Gasteiger partial charge in [0, 0.05) is 19.5 Å². The minimum Gasteiger partial charge on any atom is -0.481 e. The highest BCUT2D eigenvalue weighted by Crippen LogP contribution is 2.28. The minimum absolute atomic E-state index is 0.202. The number of benzene rings is 1. The van der Waals surface area contributed by atoms with Gasteiger partial charge in [-0.05, 0) is 30.9 Å². The molecule has 1 saturated heterocycles. The topological polar surface area (TPSA) is 40.5 Å². The maximum Gasteiger partial charge on any atom is 0.303 e. The maximum absolute atomic E-state index is 13.5. The lowest BCUT2D eigenvalue weighted by Crippen LogP contribution is -2.20. The molecule has 92 valence electrons. The molecule has 1 aromatic rings. The molecule has 0 amide bonds. The van der Waals surface area contributed by atoms with Crippen LogP contribution in [-0.2, 0) is 4.79 Å². The van der Waals surface area contributed by atoms with Gasteiger partial charge in [0.15, 0.2) is 0 Å². The van der Waals surface area contributed by atoms with Crippen LogP contribution in [-0.4, -0.2) is 24.2 Å². The molecule has 1 aliphatic heterocycles. The van der Waals surface area contributed by atoms with E-state index >= 15 is 0 Å². The van der Waals surface area contributed by atoms with Crippen molar-refractivity contribution in [3.63, 3.8) is 0 Å². The first-order valence-electron chi connectivity index (χ1n) is 5.88. The van der Waals surface area contributed by atoms with Crippen molar-refractivity contribution in [1.29, 1.82) is 0 Å². The summed E-state index contributed by atoms with van der Waals surface area (Å²) in [6.45, 7) is 1.57. The van der Waals surface area contributed by atoms with E-state index in [0.29, 0.717) is 18.0 Å². The summed E-state index contributed by atoms with van der Waals surface area (Å²) in [7, 11) is 0. The standard InChI is InChI=1S/C13H16FNO2/c14-11-3-1-2-4-12(11)15-8-7-10(9-15)5-6-13(16)17/h1-4,10H,5-9H2,(H,16,17). The predicted molar refractivity (Wildman–Crippen MR) is 63.6 cm³/mol. The Kier molecular flexibility index (Phi) is 3.61. The molecule has 1 atom stereocenters. The Balaban J connectivity index is 1.94. The molecule has 0 spiro atoms. The third kappa shape index (κ3) is 2.96. The predicted octanol–water partition coefficient (Wildman–Crippen LogP) is 2.52. The number of anilines is 1. The highest BCUT2D eigenvalue weighted by molar-refractivity contribution is 5.66. The normalized spacial score (nSPS) is 19.6. The maximum atomic E-state index is 13.5. The molecule has 1 aromatic carbocycles. The first-order chi connectivity index (χ1) is 8.16. The molecule has 1 fully saturated rings. The van der Waals surface area contributed by atoms with Gasteiger partial charge in [0.05, 0.1) is 5.69 Å². The van der Waals surface area contributed by atoms with Crippen LogP contribution in [0.2, 0.25) is 0 Å². The van der Waals surface area contributed by atoms with Crippen LogP contribution in [0.15, 0.2) is 24.3 Å². The van der Waals surface area contributed by atoms with E-state index in [4.69, 9.17) is 5.11 Å². The van der Waals surface area contributed by atoms with Crippen LogP contribution in [0.1, 0.15) is 19.3 Å². The Hall–Kier alpha value is -1.58. The van der Waals surface area contributed by atoms with Crippen molar-refractivity contribution in [2.75, 3.05) is 18.0 Å². The number of carboxylic acid groups (broad SMARTS) is 1. The van der Waals surface area contributed by atoms with E-state index in [-0.39, 0.29) is 12.2 Å². The van der Waals surface area contributed by atoms with Gasteiger partial charge in [-0.3, -0.25) is 4.79 Å². The van der Waals surface area contributed by atoms with Gasteiger partial charge in [0.1, 0.15) is 5.82 Å². The molecule has 1 aliphatic rings. The SMILES string of the molecule is O=C(O)CCC1CCN(c2ccccc2F)C1. The lowest BCUT2D eigenvalue weighted by molar-refractivity contribution is -0.137. The Morgan fingerprint density at radius 1 is 1.47 bits per heavy atom. The average Bonchev–Trinajstić information content (AvgIpc) is 2.75. The Labute approximate surface area is 99.9 Å². The lowest BCUT2D eigenvalue weighted by Gasteiger charge is -2.19. The summed E-state index contributed by atoms with van der Waals surface area (Å²) < 4.78 is 13.5. The number of halogens is 1. The van der Waals surface area contributed by atoms with E-state index in [1.54, 1.807) is 12.1 Å². The zero-order valence-electron chi connectivity index (χ0n) is 9.60. The molecule has 0 aromatic heterocycles. The number of aliphatic carboxylic acids is 1. The number of hydrogen-bond donors (Lipinski definition) is 1. The highest BCUT2D eigenvalue weighted by Gasteiger charge is 2.24. The van der Waals surface area contributed by atoms with Crippen molar-refractivity contribution >= 4 is 11.7 Å². The summed E-state index contributed by atoms with van der Waals surface area (Å²) in [5.74, 6) is -0.591. The number of hydrogen-bond acceptors (Lipinski definition) is 2. The van der Waals surface area contributed by atoms with Crippen molar-refractivity contribution < 1.29 is 14.3 Å². The molecule has 0 bridgehead atoms. The summed E-state index contributed by atoms with van der Waals surface area (Å²) >= 11 is 0. The molecule has 0 radical (unpaired) electrons. The van der Waals surface area contributed by atoms with Crippen LogP contribution in [0, 0.1) is 11.7 Å². The first kappa shape index (κ1) is 11.9. The molecule has 1 N–H and O–H groups in total. The number of rotatable bonds is 4. The largest absolute Gasteiger partial charge is 0.481 e. The van der Waals surface area contributed by atoms with E-state index in [2.05, 4.69) is 0 Å². The van der Waals surface area contributed by atoms with Gasteiger partial charge in [-0.25, -0.2) is 4.39 Å². The van der Waals surface area contributed by atoms with Crippen LogP contribution >= 0.6 is 0 Å². The molecule has 4 heteroatoms. The molecular formula is C13H16FNO2. The van der Waals surface area contributed by atoms with Crippen molar-refractivity contribution in [3.8, 4) is 0 Å². The van der Waals surface area contributed by atoms with Gasteiger partial charge in [-0.1, -0.05) is 12.1 Å². The van der Waals surface area contributed by atoms with Gasteiger partial charge in [-0.15, -0.1) is 0 Å². The molecule has 2 rings (SSSR count). The van der Waals surface area contributed by atoms with Crippen LogP contribution in [0.5, 0.6) is 0 Å². The lowest BCUT2D eigenvalue weighted by atomic mass is 10.0. The molecule has 17 heavy (non-hydrogen) atoms. The number of para-hydroxylation sites is 1. The van der Waals surface area contributed by atoms with Crippen molar-refractivity contribution in [2.45, 2.75) is 19.3 Å². The monoisotopic (exact) mass is 237 g/mol. The van der Waals surface area contributed by atoms with E-state index in [1.165, 1.54) is 6.07 Å². The quantitative estimate of drug-likeness (QED) is 0.874. The van der Waals surface area contributed by atoms with Crippen molar-refractivity contribution in [1.82, 2.24) is 0 Å². The van der Waals surface area contributed by atoms with E-state index in [0.717, 1.165) is 19.5 Å². The summed E-state index contributed by atoms with van der Waals surface area (Å²) in [6, 6.07) is 6.73. The van der Waals surface area contributed by atoms with Crippen LogP contribution in [0.4, 0.5) is 10.1 Å². The molecule has 1 unspecified atom stereocenters. The van der Waals surface area contributed by atoms with Crippen molar-refractivity contribution in [2.24, 2.45) is 5.92 Å². The van der Waals surface area contributed by atoms with Crippen molar-refractivity contribution in [3.05, 3.63) is 30.1 Å². The zero-order chi connectivity index (χ0) is 12.3. The Bertz CT molecular complexity index is 408. The number of nitrogens with zero attached hydrogens (tertiary/aromatic N) is 1. The summed E-state index contributed by atoms with van der Waals surface area (Å²) in [5, 5.41) is 8.63. The second-order valence-corrected chi connectivity index (χ2v) is 4.48. The molecule has 1 heterocycles. The Morgan fingerprint density at radius 2 is 2.24 bits per heavy atom. The van der Waals surface area contributed by atoms with Gasteiger partial charge < -0.3 is 10.0 Å². The van der Waals surface area contributed by atoms with Gasteiger partial charge in [-0.2, -0.15) is 0 Å². The highest BCUT2D eigenvalue weighted by atomic mass is 19.1. The molecular weight excluding hydrogens is 221 g/mol. The second kappa shape index (κ2) is 5.17. The van der Waals surface area contributed by atoms with Crippen LogP contribution in [0.3, 0.4) is 0 Å². The van der Waals surface area contributed by atoms with Gasteiger partial charge in [0.2, 0.25) is 0 Å². The third-order valence-corrected chi connectivity index (χ3v) is 3.25. The smallest absolute Gasteiger partial charge is 0.303 e. The number of carbonyl (C=O) groups is 1. The molecule has 3 nitrogen and oxygen atoms in total. The van der Waals surface area contributed by atoms with E-state index in [1.807, 2.05) is 11.0 Å². The van der Waals surface area contributed by atoms with E-state index < -0.39 is 5.97 Å². The fourth-order valence-electron chi connectivity index (χ4n) is 2.32. The fraction of sp³-hybridized carbons (Fsp3) is 0.462. The summed E-state index contributed by atoms with van der Waals surface area (Å²) in [5.41, 5.74) is 0.630. The van der Waals surface area contributed by atoms with Crippen LogP contribution < -0.4 is 4.90 Å². The van der Waals surface area contributed by atoms with Crippen LogP contribution in [0.25, 0.3) is 0 Å². The minimum atomic E-state index is -0.755. The summed E-state index contributed by atoms with van der Waals surface area (Å²) in [6.07, 6.45) is 1.83. The zero-order valence-corrected chi connectivity index (χ0v) is 9.60. The third-order valence-electron chi connectivity index (χ3n) is 3.25. The first-order valence-corrected chi connectivity index (χ1v) is 5.88. The summed E-state index contributed by atoms with van der Waals surface area (Å²) in [4.78, 5) is 12.5. The van der Waals surface area contributed by atoms with E-state index in [9.17, 15) is 9.18 Å². The Morgan fingerprint density at radius 3 is 2.94 bits per heavy atom. The molecule has 0 saturated carbocycles. The second-order valence-electron chi connectivity index (χ2n) is 4.48. The fourth-order valence-corrected chi connectivity index (χ4v) is 2.32.